The number of esters is 4. The molecule has 4 fully saturated rings. The van der Waals surface area contributed by atoms with Gasteiger partial charge in [-0.25, -0.2) is 9.59 Å². The van der Waals surface area contributed by atoms with Gasteiger partial charge in [0.2, 0.25) is 0 Å². The number of phenols is 2. The van der Waals surface area contributed by atoms with E-state index in [4.69, 9.17) is 42.1 Å². The number of ether oxygens (including phenoxy) is 4. The highest BCUT2D eigenvalue weighted by Gasteiger charge is 2.60. The minimum absolute atomic E-state index is 0.228. The van der Waals surface area contributed by atoms with Crippen molar-refractivity contribution in [1.29, 1.82) is 0 Å². The Kier molecular flexibility index (Phi) is 22.2. The van der Waals surface area contributed by atoms with Crippen LogP contribution in [0.4, 0.5) is 0 Å². The summed E-state index contributed by atoms with van der Waals surface area (Å²) in [6.45, 7) is 32.4. The van der Waals surface area contributed by atoms with Crippen LogP contribution in [0.5, 0.6) is 11.5 Å². The molecule has 0 aliphatic heterocycles. The number of carbonyl (C=O) groups excluding carboxylic acids is 6. The van der Waals surface area contributed by atoms with Gasteiger partial charge in [-0.05, 0) is 253 Å². The average molecular weight is 1220 g/mol. The number of hydrogen-bond acceptors (Lipinski definition) is 12. The minimum atomic E-state index is -1.53. The fraction of sp³-hybridized carbons (Fsp3) is 0.710. The summed E-state index contributed by atoms with van der Waals surface area (Å²) in [6.07, 6.45) is 17.5. The Labute approximate surface area is 517 Å². The van der Waals surface area contributed by atoms with Crippen molar-refractivity contribution >= 4 is 64.5 Å². The largest absolute Gasteiger partial charge is 0.506 e. The average Bonchev–Trinajstić information content (AvgIpc) is 1.75. The van der Waals surface area contributed by atoms with Gasteiger partial charge in [-0.3, -0.25) is 19.2 Å². The molecule has 0 aromatic heterocycles. The molecule has 2 aromatic rings. The predicted octanol–water partition coefficient (Wildman–Crippen LogP) is 15.7. The SMILES string of the molecule is CC(C)CCC[C@@H](C)[C@H]1CC[C@H]2[C@@H]3CCC4C[C@@H](CCC=C(c5cc(Cl)c(O)c(C(=O)N[C@@H](CC(=O)OC(C)(C)C)C(=O)OC(C)(C)C)c5)c5cc(Cl)c(O)c(C(=O)N[C@@H](CC(=O)OC(C)(C)C)C(=O)OC(C)(C)C)c5)CC[C@]4(C)[C@H]3CC[C@]12C. The maximum atomic E-state index is 14.4. The quantitative estimate of drug-likeness (QED) is 0.0722. The van der Waals surface area contributed by atoms with Gasteiger partial charge in [0.1, 0.15) is 46.0 Å². The van der Waals surface area contributed by atoms with Crippen molar-refractivity contribution in [2.75, 3.05) is 0 Å². The van der Waals surface area contributed by atoms with Crippen molar-refractivity contribution < 1.29 is 57.9 Å². The molecule has 1 unspecified atom stereocenters. The number of rotatable bonds is 20. The standard InChI is InChI=1S/C69H102Cl2N2O12/c1-39(2)20-18-21-40(3)49-26-27-50-46-25-24-44-32-41(28-30-68(44,16)51(46)29-31-69(49,50)17)22-19-23-45(42-33-47(58(76)52(70)35-42)60(78)72-54(62(80)84-66(10,11)12)37-56(74)82-64(4,5)6)43-34-48(59(77)53(71)36-43)61(79)73-55(63(81)85-67(13,14)15)38-57(75)83-65(7,8)9/h23,33-36,39-41,44,46,49-51,54-55,76-77H,18-22,24-32,37-38H2,1-17H3,(H,72,78)(H,73,79)/t40-,41+,44?,46+,49-,50+,51+,54+,55+,68+,69-/m1/s1. The molecule has 0 radical (unpaired) electrons. The Morgan fingerprint density at radius 1 is 0.612 bits per heavy atom. The van der Waals surface area contributed by atoms with E-state index in [1.54, 1.807) is 83.1 Å². The first kappa shape index (κ1) is 69.3. The zero-order chi connectivity index (χ0) is 63.5. The molecule has 0 spiro atoms. The van der Waals surface area contributed by atoms with Crippen molar-refractivity contribution in [3.63, 3.8) is 0 Å². The lowest BCUT2D eigenvalue weighted by Gasteiger charge is -2.61. The third-order valence-corrected chi connectivity index (χ3v) is 19.3. The van der Waals surface area contributed by atoms with E-state index >= 15 is 0 Å². The van der Waals surface area contributed by atoms with Crippen molar-refractivity contribution in [3.8, 4) is 11.5 Å². The number of amides is 2. The Morgan fingerprint density at radius 2 is 1.07 bits per heavy atom. The van der Waals surface area contributed by atoms with E-state index in [0.29, 0.717) is 40.4 Å². The molecule has 4 aliphatic rings. The number of fused-ring (bicyclic) bond motifs is 5. The molecule has 85 heavy (non-hydrogen) atoms. The summed E-state index contributed by atoms with van der Waals surface area (Å²) >= 11 is 13.6. The Balaban J connectivity index is 1.33. The number of phenolic OH excluding ortho intramolecular Hbond substituents is 2. The lowest BCUT2D eigenvalue weighted by molar-refractivity contribution is -0.164. The number of nitrogens with one attached hydrogen (secondary N) is 2. The number of hydrogen-bond donors (Lipinski definition) is 4. The van der Waals surface area contributed by atoms with Gasteiger partial charge in [-0.1, -0.05) is 83.2 Å². The molecule has 2 aromatic carbocycles. The van der Waals surface area contributed by atoms with E-state index in [0.717, 1.165) is 54.8 Å². The Hall–Kier alpha value is -4.82. The molecule has 0 bridgehead atoms. The summed E-state index contributed by atoms with van der Waals surface area (Å²) in [5.74, 6) is -0.805. The predicted molar refractivity (Wildman–Crippen MR) is 334 cm³/mol. The van der Waals surface area contributed by atoms with Gasteiger partial charge >= 0.3 is 23.9 Å². The molecule has 4 N–H and O–H groups in total. The molecule has 0 heterocycles. The molecule has 2 amide bonds. The monoisotopic (exact) mass is 1220 g/mol. The summed E-state index contributed by atoms with van der Waals surface area (Å²) in [5, 5.41) is 27.7. The van der Waals surface area contributed by atoms with Crippen LogP contribution in [-0.4, -0.2) is 80.4 Å². The first-order chi connectivity index (χ1) is 39.2. The second kappa shape index (κ2) is 27.3. The fourth-order valence-corrected chi connectivity index (χ4v) is 15.5. The van der Waals surface area contributed by atoms with Gasteiger partial charge in [-0.2, -0.15) is 0 Å². The van der Waals surface area contributed by atoms with Gasteiger partial charge in [-0.15, -0.1) is 0 Å². The van der Waals surface area contributed by atoms with Crippen molar-refractivity contribution in [1.82, 2.24) is 10.6 Å². The molecule has 4 aliphatic carbocycles. The highest BCUT2D eigenvalue weighted by atomic mass is 35.5. The van der Waals surface area contributed by atoms with Crippen molar-refractivity contribution in [2.24, 2.45) is 58.2 Å². The summed E-state index contributed by atoms with van der Waals surface area (Å²) in [6, 6.07) is 2.64. The van der Waals surface area contributed by atoms with Crippen LogP contribution in [-0.2, 0) is 38.1 Å². The van der Waals surface area contributed by atoms with Gasteiger partial charge in [0.25, 0.3) is 11.8 Å². The summed E-state index contributed by atoms with van der Waals surface area (Å²) in [7, 11) is 0. The first-order valence-electron chi connectivity index (χ1n) is 31.5. The van der Waals surface area contributed by atoms with Gasteiger partial charge in [0, 0.05) is 0 Å². The van der Waals surface area contributed by atoms with Gasteiger partial charge in [0.05, 0.1) is 34.0 Å². The Bertz CT molecular complexity index is 2670. The lowest BCUT2D eigenvalue weighted by Crippen LogP contribution is -2.53. The molecule has 16 heteroatoms. The second-order valence-electron chi connectivity index (χ2n) is 30.4. The van der Waals surface area contributed by atoms with Crippen LogP contribution in [0.3, 0.4) is 0 Å². The van der Waals surface area contributed by atoms with Crippen LogP contribution >= 0.6 is 23.2 Å². The fourth-order valence-electron chi connectivity index (χ4n) is 15.1. The van der Waals surface area contributed by atoms with E-state index in [1.807, 2.05) is 6.08 Å². The number of benzene rings is 2. The minimum Gasteiger partial charge on any atom is -0.506 e. The van der Waals surface area contributed by atoms with Crippen molar-refractivity contribution in [3.05, 3.63) is 62.6 Å². The van der Waals surface area contributed by atoms with Gasteiger partial charge < -0.3 is 39.8 Å². The van der Waals surface area contributed by atoms with Crippen LogP contribution in [0, 0.1) is 58.2 Å². The maximum Gasteiger partial charge on any atom is 0.329 e. The van der Waals surface area contributed by atoms with E-state index in [1.165, 1.54) is 88.5 Å². The molecule has 6 rings (SSSR count). The third-order valence-electron chi connectivity index (χ3n) is 18.7. The Morgan fingerprint density at radius 3 is 1.53 bits per heavy atom. The molecule has 14 nitrogen and oxygen atoms in total. The van der Waals surface area contributed by atoms with Crippen LogP contribution in [0.25, 0.3) is 5.57 Å². The smallest absolute Gasteiger partial charge is 0.329 e. The maximum absolute atomic E-state index is 14.4. The first-order valence-corrected chi connectivity index (χ1v) is 32.2. The van der Waals surface area contributed by atoms with Crippen LogP contribution in [0.2, 0.25) is 10.0 Å². The number of aromatic hydroxyl groups is 2. The third kappa shape index (κ3) is 18.2. The van der Waals surface area contributed by atoms with E-state index in [2.05, 4.69) is 45.3 Å². The van der Waals surface area contributed by atoms with Crippen LogP contribution in [0.15, 0.2) is 30.3 Å². The number of carbonyl (C=O) groups is 6. The van der Waals surface area contributed by atoms with Gasteiger partial charge in [0.15, 0.2) is 0 Å². The second-order valence-corrected chi connectivity index (χ2v) is 31.2. The zero-order valence-corrected chi connectivity index (χ0v) is 55.7. The summed E-state index contributed by atoms with van der Waals surface area (Å²) in [4.78, 5) is 82.5. The molecular weight excluding hydrogens is 1120 g/mol. The zero-order valence-electron chi connectivity index (χ0n) is 54.2. The van der Waals surface area contributed by atoms with Crippen molar-refractivity contribution in [2.45, 2.75) is 255 Å². The molecule has 11 atom stereocenters. The molecular formula is C69H102Cl2N2O12. The number of halogens is 2. The molecule has 4 saturated carbocycles. The molecule has 474 valence electrons. The summed E-state index contributed by atoms with van der Waals surface area (Å²) < 4.78 is 22.2. The highest BCUT2D eigenvalue weighted by Crippen LogP contribution is 2.69. The van der Waals surface area contributed by atoms with E-state index in [-0.39, 0.29) is 26.6 Å². The lowest BCUT2D eigenvalue weighted by atomic mass is 9.44. The number of allylic oxidation sites excluding steroid dienone is 1. The van der Waals surface area contributed by atoms with E-state index in [9.17, 15) is 39.0 Å². The normalized spacial score (nSPS) is 25.2. The topological polar surface area (TPSA) is 204 Å². The van der Waals surface area contributed by atoms with Crippen LogP contribution in [0.1, 0.15) is 252 Å². The van der Waals surface area contributed by atoms with E-state index < -0.39 is 94.5 Å². The van der Waals surface area contributed by atoms with Crippen LogP contribution < -0.4 is 10.6 Å². The highest BCUT2D eigenvalue weighted by molar-refractivity contribution is 6.33. The summed E-state index contributed by atoms with van der Waals surface area (Å²) in [5.41, 5.74) is -2.73. The molecule has 0 saturated heterocycles.